The smallest absolute Gasteiger partial charge is 0.465 e. The summed E-state index contributed by atoms with van der Waals surface area (Å²) in [5.74, 6) is 0.229. The fraction of sp³-hybridized carbons (Fsp3) is 0.440. The number of carbonyl (C=O) groups is 1. The number of aromatic nitrogens is 2. The van der Waals surface area contributed by atoms with Gasteiger partial charge in [0.05, 0.1) is 11.0 Å². The zero-order valence-electron chi connectivity index (χ0n) is 20.0. The highest BCUT2D eigenvalue weighted by Crippen LogP contribution is 2.51. The van der Waals surface area contributed by atoms with Gasteiger partial charge in [0.2, 0.25) is 5.95 Å². The van der Waals surface area contributed by atoms with Crippen LogP contribution in [-0.2, 0) is 0 Å². The van der Waals surface area contributed by atoms with Crippen molar-refractivity contribution >= 4 is 34.4 Å². The zero-order chi connectivity index (χ0) is 25.6. The molecule has 3 N–H and O–H groups in total. The van der Waals surface area contributed by atoms with Gasteiger partial charge >= 0.3 is 12.5 Å². The van der Waals surface area contributed by atoms with Gasteiger partial charge in [-0.3, -0.25) is 5.32 Å². The van der Waals surface area contributed by atoms with E-state index < -0.39 is 12.5 Å². The van der Waals surface area contributed by atoms with Gasteiger partial charge in [-0.2, -0.15) is 0 Å². The molecule has 0 saturated heterocycles. The minimum absolute atomic E-state index is 0.0989. The Balaban J connectivity index is 1.74. The van der Waals surface area contributed by atoms with Gasteiger partial charge < -0.3 is 19.7 Å². The maximum atomic E-state index is 12.5. The second kappa shape index (κ2) is 8.66. The molecule has 0 spiro atoms. The Morgan fingerprint density at radius 3 is 2.23 bits per heavy atom. The number of halogens is 3. The normalized spacial score (nSPS) is 17.8. The first-order valence-electron chi connectivity index (χ1n) is 11.3. The van der Waals surface area contributed by atoms with E-state index in [4.69, 9.17) is 10.1 Å². The lowest BCUT2D eigenvalue weighted by atomic mass is 9.63. The molecule has 1 amide bonds. The first-order chi connectivity index (χ1) is 16.2. The summed E-state index contributed by atoms with van der Waals surface area (Å²) in [6.07, 6.45) is -3.00. The van der Waals surface area contributed by atoms with Crippen LogP contribution in [0.4, 0.5) is 35.3 Å². The molecule has 0 unspecified atom stereocenters. The third kappa shape index (κ3) is 5.98. The molecule has 1 heterocycles. The highest BCUT2D eigenvalue weighted by Gasteiger charge is 2.40. The molecule has 2 aromatic carbocycles. The zero-order valence-corrected chi connectivity index (χ0v) is 20.0. The lowest BCUT2D eigenvalue weighted by Crippen LogP contribution is -2.35. The van der Waals surface area contributed by atoms with Crippen LogP contribution in [0, 0.1) is 10.8 Å². The molecule has 1 saturated carbocycles. The van der Waals surface area contributed by atoms with Crippen LogP contribution in [-0.4, -0.2) is 27.1 Å². The van der Waals surface area contributed by atoms with Crippen LogP contribution in [0.5, 0.6) is 5.75 Å². The molecule has 0 aliphatic heterocycles. The highest BCUT2D eigenvalue weighted by atomic mass is 19.4. The van der Waals surface area contributed by atoms with Crippen LogP contribution < -0.4 is 15.4 Å². The van der Waals surface area contributed by atoms with Crippen molar-refractivity contribution in [1.82, 2.24) is 9.55 Å². The number of benzene rings is 2. The molecule has 4 rings (SSSR count). The predicted octanol–water partition coefficient (Wildman–Crippen LogP) is 7.55. The average Bonchev–Trinajstić information content (AvgIpc) is 3.02. The Morgan fingerprint density at radius 1 is 1.06 bits per heavy atom. The third-order valence-electron chi connectivity index (χ3n) is 6.18. The Hall–Kier alpha value is -3.43. The predicted molar refractivity (Wildman–Crippen MR) is 128 cm³/mol. The largest absolute Gasteiger partial charge is 0.573 e. The van der Waals surface area contributed by atoms with Crippen molar-refractivity contribution in [3.63, 3.8) is 0 Å². The molecule has 3 aromatic rings. The minimum atomic E-state index is -4.76. The summed E-state index contributed by atoms with van der Waals surface area (Å²) in [6.45, 7) is 9.01. The number of rotatable bonds is 5. The van der Waals surface area contributed by atoms with Gasteiger partial charge in [-0.15, -0.1) is 13.2 Å². The molecule has 0 radical (unpaired) electrons. The molecule has 7 nitrogen and oxygen atoms in total. The van der Waals surface area contributed by atoms with Crippen molar-refractivity contribution < 1.29 is 27.8 Å². The van der Waals surface area contributed by atoms with Crippen molar-refractivity contribution in [2.24, 2.45) is 10.8 Å². The number of carboxylic acid groups (broad SMARTS) is 1. The molecule has 188 valence electrons. The third-order valence-corrected chi connectivity index (χ3v) is 6.18. The van der Waals surface area contributed by atoms with Gasteiger partial charge in [0, 0.05) is 17.4 Å². The van der Waals surface area contributed by atoms with Crippen molar-refractivity contribution in [3.05, 3.63) is 42.5 Å². The summed E-state index contributed by atoms with van der Waals surface area (Å²) in [6, 6.07) is 10.8. The van der Waals surface area contributed by atoms with Gasteiger partial charge in [-0.25, -0.2) is 9.78 Å². The van der Waals surface area contributed by atoms with Crippen LogP contribution in [0.25, 0.3) is 11.0 Å². The Bertz CT molecular complexity index is 1220. The fourth-order valence-corrected chi connectivity index (χ4v) is 5.60. The van der Waals surface area contributed by atoms with Crippen molar-refractivity contribution in [3.8, 4) is 5.75 Å². The molecule has 1 aromatic heterocycles. The van der Waals surface area contributed by atoms with Crippen LogP contribution in [0.15, 0.2) is 42.5 Å². The maximum Gasteiger partial charge on any atom is 0.573 e. The molecule has 1 aliphatic carbocycles. The lowest BCUT2D eigenvalue weighted by Gasteiger charge is -2.45. The number of nitrogens with one attached hydrogen (secondary N) is 2. The Kier molecular flexibility index (Phi) is 6.11. The topological polar surface area (TPSA) is 88.4 Å². The molecular formula is C25H29F3N4O3. The van der Waals surface area contributed by atoms with Crippen molar-refractivity contribution in [1.29, 1.82) is 0 Å². The summed E-state index contributed by atoms with van der Waals surface area (Å²) in [5, 5.41) is 14.7. The number of alkyl halides is 3. The second-order valence-electron chi connectivity index (χ2n) is 10.7. The van der Waals surface area contributed by atoms with E-state index in [-0.39, 0.29) is 22.6 Å². The summed E-state index contributed by atoms with van der Waals surface area (Å²) < 4.78 is 43.6. The summed E-state index contributed by atoms with van der Waals surface area (Å²) in [7, 11) is 0. The molecule has 0 atom stereocenters. The van der Waals surface area contributed by atoms with Crippen molar-refractivity contribution in [2.75, 3.05) is 10.6 Å². The SMILES string of the molecule is CC1(C)CC(n2c(Nc3ccc(OC(F)(F)F)cc3)nc3cc(NC(=O)O)ccc32)CC(C)(C)C1. The number of hydrogen-bond donors (Lipinski definition) is 3. The van der Waals surface area contributed by atoms with E-state index in [0.29, 0.717) is 22.8 Å². The van der Waals surface area contributed by atoms with Crippen molar-refractivity contribution in [2.45, 2.75) is 59.4 Å². The van der Waals surface area contributed by atoms with Gasteiger partial charge in [0.15, 0.2) is 0 Å². The Morgan fingerprint density at radius 2 is 1.66 bits per heavy atom. The maximum absolute atomic E-state index is 12.5. The average molecular weight is 491 g/mol. The number of ether oxygens (including phenoxy) is 1. The lowest BCUT2D eigenvalue weighted by molar-refractivity contribution is -0.274. The number of amides is 1. The molecular weight excluding hydrogens is 461 g/mol. The summed E-state index contributed by atoms with van der Waals surface area (Å²) >= 11 is 0. The van der Waals surface area contributed by atoms with Crippen LogP contribution in [0.1, 0.15) is 53.0 Å². The van der Waals surface area contributed by atoms with E-state index in [1.807, 2.05) is 6.07 Å². The number of hydrogen-bond acceptors (Lipinski definition) is 4. The van der Waals surface area contributed by atoms with E-state index in [0.717, 1.165) is 24.8 Å². The van der Waals surface area contributed by atoms with Crippen LogP contribution in [0.2, 0.25) is 0 Å². The summed E-state index contributed by atoms with van der Waals surface area (Å²) in [4.78, 5) is 15.8. The van der Waals surface area contributed by atoms with E-state index in [1.54, 1.807) is 12.1 Å². The highest BCUT2D eigenvalue weighted by molar-refractivity contribution is 5.89. The monoisotopic (exact) mass is 490 g/mol. The first kappa shape index (κ1) is 24.7. The van der Waals surface area contributed by atoms with E-state index in [2.05, 4.69) is 47.6 Å². The van der Waals surface area contributed by atoms with E-state index in [9.17, 15) is 18.0 Å². The first-order valence-corrected chi connectivity index (χ1v) is 11.3. The van der Waals surface area contributed by atoms with E-state index in [1.165, 1.54) is 24.3 Å². The molecule has 35 heavy (non-hydrogen) atoms. The number of imidazole rings is 1. The minimum Gasteiger partial charge on any atom is -0.465 e. The number of fused-ring (bicyclic) bond motifs is 1. The molecule has 1 aliphatic rings. The van der Waals surface area contributed by atoms with Crippen LogP contribution >= 0.6 is 0 Å². The van der Waals surface area contributed by atoms with Gasteiger partial charge in [-0.1, -0.05) is 27.7 Å². The fourth-order valence-electron chi connectivity index (χ4n) is 5.60. The quantitative estimate of drug-likeness (QED) is 0.344. The number of anilines is 3. The Labute approximate surface area is 201 Å². The number of nitrogens with zero attached hydrogens (tertiary/aromatic N) is 2. The second-order valence-corrected chi connectivity index (χ2v) is 10.7. The van der Waals surface area contributed by atoms with E-state index >= 15 is 0 Å². The molecule has 1 fully saturated rings. The van der Waals surface area contributed by atoms with Gasteiger partial charge in [0.1, 0.15) is 5.75 Å². The van der Waals surface area contributed by atoms with Gasteiger partial charge in [-0.05, 0) is 72.6 Å². The van der Waals surface area contributed by atoms with Gasteiger partial charge in [0.25, 0.3) is 0 Å². The molecule has 10 heteroatoms. The van der Waals surface area contributed by atoms with Crippen LogP contribution in [0.3, 0.4) is 0 Å². The standard InChI is InChI=1S/C25H29F3N4O3/c1-23(2)12-17(13-24(3,4)14-23)32-20-10-7-16(30-22(33)34)11-19(20)31-21(32)29-15-5-8-18(9-6-15)35-25(26,27)28/h5-11,17,30H,12-14H2,1-4H3,(H,29,31)(H,33,34). The summed E-state index contributed by atoms with van der Waals surface area (Å²) in [5.41, 5.74) is 2.60. The molecule has 0 bridgehead atoms.